The second-order valence-corrected chi connectivity index (χ2v) is 6.33. The van der Waals surface area contributed by atoms with Crippen LogP contribution in [-0.2, 0) is 4.79 Å². The number of aryl methyl sites for hydroxylation is 3. The Balaban J connectivity index is 2.19. The van der Waals surface area contributed by atoms with Crippen LogP contribution in [0.5, 0.6) is 0 Å². The summed E-state index contributed by atoms with van der Waals surface area (Å²) in [5.74, 6) is 0.0694. The van der Waals surface area contributed by atoms with Gasteiger partial charge in [0.1, 0.15) is 5.38 Å². The minimum Gasteiger partial charge on any atom is -0.341 e. The van der Waals surface area contributed by atoms with E-state index in [0.717, 1.165) is 37.1 Å². The number of nitrogens with zero attached hydrogens (tertiary/aromatic N) is 1. The zero-order valence-corrected chi connectivity index (χ0v) is 13.5. The van der Waals surface area contributed by atoms with Gasteiger partial charge in [-0.05, 0) is 55.9 Å². The lowest BCUT2D eigenvalue weighted by molar-refractivity contribution is -0.130. The first-order chi connectivity index (χ1) is 9.50. The monoisotopic (exact) mass is 293 g/mol. The molecule has 0 N–H and O–H groups in total. The summed E-state index contributed by atoms with van der Waals surface area (Å²) >= 11 is 6.48. The van der Waals surface area contributed by atoms with Gasteiger partial charge in [-0.2, -0.15) is 0 Å². The number of hydrogen-bond donors (Lipinski definition) is 0. The molecule has 0 bridgehead atoms. The average molecular weight is 294 g/mol. The molecule has 1 fully saturated rings. The maximum Gasteiger partial charge on any atom is 0.245 e. The first kappa shape index (κ1) is 15.4. The molecule has 1 unspecified atom stereocenters. The highest BCUT2D eigenvalue weighted by atomic mass is 35.5. The molecule has 1 aromatic carbocycles. The van der Waals surface area contributed by atoms with Crippen LogP contribution in [0.2, 0.25) is 0 Å². The largest absolute Gasteiger partial charge is 0.341 e. The molecule has 20 heavy (non-hydrogen) atoms. The molecule has 0 saturated carbocycles. The number of carbonyl (C=O) groups is 1. The van der Waals surface area contributed by atoms with E-state index < -0.39 is 5.38 Å². The maximum atomic E-state index is 12.6. The predicted molar refractivity (Wildman–Crippen MR) is 84.3 cm³/mol. The molecule has 1 aliphatic heterocycles. The number of hydrogen-bond acceptors (Lipinski definition) is 1. The standard InChI is InChI=1S/C17H24ClNO/c1-12-10-14(3)15(11-13(12)2)16(18)17(20)19-8-6-4-5-7-9-19/h10-11,16H,4-9H2,1-3H3. The fraction of sp³-hybridized carbons (Fsp3) is 0.588. The quantitative estimate of drug-likeness (QED) is 0.745. The Hall–Kier alpha value is -1.02. The summed E-state index contributed by atoms with van der Waals surface area (Å²) in [5, 5.41) is -0.549. The maximum absolute atomic E-state index is 12.6. The first-order valence-corrected chi connectivity index (χ1v) is 7.95. The van der Waals surface area contributed by atoms with Crippen LogP contribution in [0.3, 0.4) is 0 Å². The molecule has 1 aliphatic rings. The summed E-state index contributed by atoms with van der Waals surface area (Å²) in [6.45, 7) is 7.90. The molecule has 1 heterocycles. The highest BCUT2D eigenvalue weighted by molar-refractivity contribution is 6.30. The van der Waals surface area contributed by atoms with Crippen molar-refractivity contribution in [2.75, 3.05) is 13.1 Å². The van der Waals surface area contributed by atoms with Crippen LogP contribution in [0.15, 0.2) is 12.1 Å². The Morgan fingerprint density at radius 3 is 2.15 bits per heavy atom. The van der Waals surface area contributed by atoms with Gasteiger partial charge in [-0.15, -0.1) is 11.6 Å². The van der Waals surface area contributed by atoms with Crippen LogP contribution in [-0.4, -0.2) is 23.9 Å². The van der Waals surface area contributed by atoms with E-state index in [0.29, 0.717) is 0 Å². The van der Waals surface area contributed by atoms with Gasteiger partial charge in [0.15, 0.2) is 0 Å². The fourth-order valence-electron chi connectivity index (χ4n) is 2.84. The van der Waals surface area contributed by atoms with E-state index in [1.165, 1.54) is 24.0 Å². The highest BCUT2D eigenvalue weighted by Crippen LogP contribution is 2.29. The Morgan fingerprint density at radius 1 is 1.00 bits per heavy atom. The Morgan fingerprint density at radius 2 is 1.55 bits per heavy atom. The molecule has 3 heteroatoms. The lowest BCUT2D eigenvalue weighted by Gasteiger charge is -2.24. The van der Waals surface area contributed by atoms with Crippen LogP contribution >= 0.6 is 11.6 Å². The summed E-state index contributed by atoms with van der Waals surface area (Å²) < 4.78 is 0. The van der Waals surface area contributed by atoms with Crippen LogP contribution in [0.4, 0.5) is 0 Å². The van der Waals surface area contributed by atoms with Crippen molar-refractivity contribution in [3.8, 4) is 0 Å². The number of amides is 1. The number of benzene rings is 1. The van der Waals surface area contributed by atoms with Crippen molar-refractivity contribution in [2.24, 2.45) is 0 Å². The summed E-state index contributed by atoms with van der Waals surface area (Å²) in [6.07, 6.45) is 4.64. The van der Waals surface area contributed by atoms with E-state index in [9.17, 15) is 4.79 Å². The molecule has 1 amide bonds. The number of carbonyl (C=O) groups excluding carboxylic acids is 1. The van der Waals surface area contributed by atoms with Gasteiger partial charge in [-0.3, -0.25) is 4.79 Å². The van der Waals surface area contributed by atoms with Gasteiger partial charge >= 0.3 is 0 Å². The Kier molecular flexibility index (Phi) is 5.09. The third-order valence-corrected chi connectivity index (χ3v) is 4.71. The molecule has 110 valence electrons. The third-order valence-electron chi connectivity index (χ3n) is 4.29. The zero-order valence-electron chi connectivity index (χ0n) is 12.7. The van der Waals surface area contributed by atoms with Crippen molar-refractivity contribution in [2.45, 2.75) is 51.8 Å². The highest BCUT2D eigenvalue weighted by Gasteiger charge is 2.25. The minimum atomic E-state index is -0.549. The van der Waals surface area contributed by atoms with E-state index >= 15 is 0 Å². The van der Waals surface area contributed by atoms with Gasteiger partial charge in [0.25, 0.3) is 0 Å². The van der Waals surface area contributed by atoms with E-state index in [2.05, 4.69) is 26.0 Å². The van der Waals surface area contributed by atoms with E-state index in [1.807, 2.05) is 11.8 Å². The topological polar surface area (TPSA) is 20.3 Å². The number of halogens is 1. The van der Waals surface area contributed by atoms with Crippen molar-refractivity contribution in [1.82, 2.24) is 4.90 Å². The van der Waals surface area contributed by atoms with E-state index in [4.69, 9.17) is 11.6 Å². The normalized spacial score (nSPS) is 17.7. The second kappa shape index (κ2) is 6.62. The van der Waals surface area contributed by atoms with Gasteiger partial charge in [-0.25, -0.2) is 0 Å². The smallest absolute Gasteiger partial charge is 0.245 e. The molecule has 0 spiro atoms. The third kappa shape index (κ3) is 3.35. The van der Waals surface area contributed by atoms with Crippen LogP contribution in [0.1, 0.15) is 53.3 Å². The predicted octanol–water partition coefficient (Wildman–Crippen LogP) is 4.29. The SMILES string of the molecule is Cc1cc(C)c(C(Cl)C(=O)N2CCCCCC2)cc1C. The molecule has 1 saturated heterocycles. The summed E-state index contributed by atoms with van der Waals surface area (Å²) in [7, 11) is 0. The lowest BCUT2D eigenvalue weighted by Crippen LogP contribution is -2.34. The summed E-state index contributed by atoms with van der Waals surface area (Å²) in [4.78, 5) is 14.5. The van der Waals surface area contributed by atoms with Crippen LogP contribution < -0.4 is 0 Å². The minimum absolute atomic E-state index is 0.0694. The fourth-order valence-corrected chi connectivity index (χ4v) is 3.21. The van der Waals surface area contributed by atoms with Crippen molar-refractivity contribution in [3.63, 3.8) is 0 Å². The molecule has 0 aliphatic carbocycles. The van der Waals surface area contributed by atoms with E-state index in [-0.39, 0.29) is 5.91 Å². The van der Waals surface area contributed by atoms with Gasteiger partial charge in [0, 0.05) is 13.1 Å². The van der Waals surface area contributed by atoms with Crippen molar-refractivity contribution in [3.05, 3.63) is 34.4 Å². The Bertz CT molecular complexity index is 490. The van der Waals surface area contributed by atoms with Gasteiger partial charge in [-0.1, -0.05) is 25.0 Å². The molecular weight excluding hydrogens is 270 g/mol. The van der Waals surface area contributed by atoms with Crippen LogP contribution in [0, 0.1) is 20.8 Å². The number of alkyl halides is 1. The first-order valence-electron chi connectivity index (χ1n) is 7.51. The van der Waals surface area contributed by atoms with Crippen molar-refractivity contribution < 1.29 is 4.79 Å². The average Bonchev–Trinajstić information content (AvgIpc) is 2.70. The summed E-state index contributed by atoms with van der Waals surface area (Å²) in [5.41, 5.74) is 4.51. The second-order valence-electron chi connectivity index (χ2n) is 5.90. The zero-order chi connectivity index (χ0) is 14.7. The van der Waals surface area contributed by atoms with Gasteiger partial charge < -0.3 is 4.90 Å². The molecule has 1 atom stereocenters. The molecule has 0 aromatic heterocycles. The molecule has 2 nitrogen and oxygen atoms in total. The van der Waals surface area contributed by atoms with E-state index in [1.54, 1.807) is 0 Å². The summed E-state index contributed by atoms with van der Waals surface area (Å²) in [6, 6.07) is 4.19. The lowest BCUT2D eigenvalue weighted by atomic mass is 9.98. The molecule has 0 radical (unpaired) electrons. The number of likely N-dealkylation sites (tertiary alicyclic amines) is 1. The molecule has 1 aromatic rings. The molecular formula is C17H24ClNO. The molecule has 2 rings (SSSR count). The van der Waals surface area contributed by atoms with Gasteiger partial charge in [0.05, 0.1) is 0 Å². The van der Waals surface area contributed by atoms with Crippen LogP contribution in [0.25, 0.3) is 0 Å². The van der Waals surface area contributed by atoms with Crippen molar-refractivity contribution in [1.29, 1.82) is 0 Å². The van der Waals surface area contributed by atoms with Crippen molar-refractivity contribution >= 4 is 17.5 Å². The Labute approximate surface area is 127 Å². The van der Waals surface area contributed by atoms with Gasteiger partial charge in [0.2, 0.25) is 5.91 Å². The number of rotatable bonds is 2.